The number of carbonyl (C=O) groups excluding carboxylic acids is 2. The second-order valence-corrected chi connectivity index (χ2v) is 8.65. The highest BCUT2D eigenvalue weighted by Gasteiger charge is 2.25. The number of piperidine rings is 1. The van der Waals surface area contributed by atoms with Gasteiger partial charge in [-0.1, -0.05) is 17.7 Å². The molecule has 2 amide bonds. The van der Waals surface area contributed by atoms with Crippen molar-refractivity contribution >= 4 is 11.8 Å². The van der Waals surface area contributed by atoms with Gasteiger partial charge in [0.2, 0.25) is 5.91 Å². The molecule has 29 heavy (non-hydrogen) atoms. The molecule has 160 valence electrons. The molecule has 0 bridgehead atoms. The van der Waals surface area contributed by atoms with E-state index in [2.05, 4.69) is 22.2 Å². The van der Waals surface area contributed by atoms with Crippen LogP contribution in [0.1, 0.15) is 41.6 Å². The molecule has 6 heteroatoms. The summed E-state index contributed by atoms with van der Waals surface area (Å²) in [6, 6.07) is 7.76. The van der Waals surface area contributed by atoms with Gasteiger partial charge in [-0.15, -0.1) is 0 Å². The van der Waals surface area contributed by atoms with E-state index in [1.807, 2.05) is 36.1 Å². The van der Waals surface area contributed by atoms with Gasteiger partial charge in [0.15, 0.2) is 0 Å². The summed E-state index contributed by atoms with van der Waals surface area (Å²) in [6.07, 6.45) is 3.42. The molecule has 1 N–H and O–H groups in total. The summed E-state index contributed by atoms with van der Waals surface area (Å²) in [5.74, 6) is 0.651. The topological polar surface area (TPSA) is 55.9 Å². The molecule has 6 nitrogen and oxygen atoms in total. The number of likely N-dealkylation sites (N-methyl/N-ethyl adjacent to an activating group) is 1. The lowest BCUT2D eigenvalue weighted by Crippen LogP contribution is -2.45. The number of nitrogens with one attached hydrogen (secondary N) is 1. The number of benzene rings is 1. The lowest BCUT2D eigenvalue weighted by Gasteiger charge is -2.32. The van der Waals surface area contributed by atoms with E-state index in [9.17, 15) is 9.59 Å². The van der Waals surface area contributed by atoms with Gasteiger partial charge >= 0.3 is 0 Å². The molecule has 2 aliphatic heterocycles. The number of hydrogen-bond donors (Lipinski definition) is 1. The van der Waals surface area contributed by atoms with Gasteiger partial charge in [0, 0.05) is 57.8 Å². The van der Waals surface area contributed by atoms with Gasteiger partial charge in [-0.05, 0) is 57.8 Å². The molecule has 0 unspecified atom stereocenters. The molecule has 2 fully saturated rings. The number of piperazine rings is 1. The largest absolute Gasteiger partial charge is 0.356 e. The molecular weight excluding hydrogens is 364 g/mol. The highest BCUT2D eigenvalue weighted by atomic mass is 16.2. The first kappa shape index (κ1) is 21.8. The van der Waals surface area contributed by atoms with Crippen LogP contribution in [0.5, 0.6) is 0 Å². The molecular formula is C23H36N4O2. The quantitative estimate of drug-likeness (QED) is 0.712. The molecule has 3 rings (SSSR count). The number of aryl methyl sites for hydroxylation is 1. The van der Waals surface area contributed by atoms with Crippen LogP contribution in [0.2, 0.25) is 0 Å². The molecule has 0 radical (unpaired) electrons. The van der Waals surface area contributed by atoms with E-state index >= 15 is 0 Å². The van der Waals surface area contributed by atoms with Crippen molar-refractivity contribution in [3.63, 3.8) is 0 Å². The molecule has 0 saturated carbocycles. The van der Waals surface area contributed by atoms with Crippen molar-refractivity contribution in [3.8, 4) is 0 Å². The van der Waals surface area contributed by atoms with Crippen LogP contribution in [-0.4, -0.2) is 85.9 Å². The maximum Gasteiger partial charge on any atom is 0.253 e. The zero-order valence-electron chi connectivity index (χ0n) is 18.0. The number of hydrogen-bond acceptors (Lipinski definition) is 4. The maximum absolute atomic E-state index is 12.6. The van der Waals surface area contributed by atoms with Crippen molar-refractivity contribution in [3.05, 3.63) is 35.4 Å². The Hall–Kier alpha value is -1.92. The molecule has 0 aromatic heterocycles. The average molecular weight is 401 g/mol. The molecule has 2 saturated heterocycles. The molecule has 1 aromatic carbocycles. The lowest BCUT2D eigenvalue weighted by atomic mass is 9.93. The monoisotopic (exact) mass is 400 g/mol. The van der Waals surface area contributed by atoms with Crippen LogP contribution in [0.4, 0.5) is 0 Å². The zero-order chi connectivity index (χ0) is 20.6. The van der Waals surface area contributed by atoms with Crippen molar-refractivity contribution in [2.24, 2.45) is 5.92 Å². The Morgan fingerprint density at radius 2 is 1.66 bits per heavy atom. The van der Waals surface area contributed by atoms with Crippen LogP contribution in [0.3, 0.4) is 0 Å². The summed E-state index contributed by atoms with van der Waals surface area (Å²) in [5, 5.41) is 3.09. The van der Waals surface area contributed by atoms with Crippen molar-refractivity contribution in [2.75, 3.05) is 59.4 Å². The van der Waals surface area contributed by atoms with Gasteiger partial charge in [-0.3, -0.25) is 9.59 Å². The zero-order valence-corrected chi connectivity index (χ0v) is 18.0. The summed E-state index contributed by atoms with van der Waals surface area (Å²) in [7, 11) is 2.17. The van der Waals surface area contributed by atoms with Gasteiger partial charge in [0.05, 0.1) is 0 Å². The Balaban J connectivity index is 1.29. The smallest absolute Gasteiger partial charge is 0.253 e. The fraction of sp³-hybridized carbons (Fsp3) is 0.652. The first-order valence-corrected chi connectivity index (χ1v) is 11.0. The molecule has 1 aromatic rings. The van der Waals surface area contributed by atoms with Gasteiger partial charge in [-0.25, -0.2) is 0 Å². The van der Waals surface area contributed by atoms with E-state index in [0.29, 0.717) is 12.3 Å². The van der Waals surface area contributed by atoms with Crippen molar-refractivity contribution in [2.45, 2.75) is 32.6 Å². The van der Waals surface area contributed by atoms with Crippen LogP contribution in [0.15, 0.2) is 24.3 Å². The van der Waals surface area contributed by atoms with Crippen molar-refractivity contribution in [1.29, 1.82) is 0 Å². The third-order valence-corrected chi connectivity index (χ3v) is 6.24. The molecule has 2 aliphatic rings. The normalized spacial score (nSPS) is 19.3. The Morgan fingerprint density at radius 1 is 1.00 bits per heavy atom. The van der Waals surface area contributed by atoms with Gasteiger partial charge in [-0.2, -0.15) is 0 Å². The maximum atomic E-state index is 12.6. The fourth-order valence-electron chi connectivity index (χ4n) is 4.16. The number of nitrogens with zero attached hydrogens (tertiary/aromatic N) is 3. The second-order valence-electron chi connectivity index (χ2n) is 8.65. The first-order chi connectivity index (χ1) is 14.0. The summed E-state index contributed by atoms with van der Waals surface area (Å²) in [6.45, 7) is 9.87. The van der Waals surface area contributed by atoms with Crippen LogP contribution in [0, 0.1) is 12.8 Å². The first-order valence-electron chi connectivity index (χ1n) is 11.0. The van der Waals surface area contributed by atoms with Crippen LogP contribution in [-0.2, 0) is 4.79 Å². The summed E-state index contributed by atoms with van der Waals surface area (Å²) in [4.78, 5) is 31.6. The van der Waals surface area contributed by atoms with Crippen LogP contribution < -0.4 is 5.32 Å². The number of amides is 2. The van der Waals surface area contributed by atoms with Crippen LogP contribution in [0.25, 0.3) is 0 Å². The second kappa shape index (κ2) is 10.7. The molecule has 0 spiro atoms. The van der Waals surface area contributed by atoms with E-state index in [1.54, 1.807) is 0 Å². The Bertz CT molecular complexity index is 660. The van der Waals surface area contributed by atoms with Crippen LogP contribution >= 0.6 is 0 Å². The SMILES string of the molecule is Cc1ccc(C(=O)N2CCC(CC(=O)NCCCN3CCN(C)CC3)CC2)cc1. The molecule has 0 atom stereocenters. The van der Waals surface area contributed by atoms with E-state index < -0.39 is 0 Å². The average Bonchev–Trinajstić information content (AvgIpc) is 2.73. The van der Waals surface area contributed by atoms with E-state index in [4.69, 9.17) is 0 Å². The van der Waals surface area contributed by atoms with Crippen molar-refractivity contribution in [1.82, 2.24) is 20.0 Å². The molecule has 0 aliphatic carbocycles. The van der Waals surface area contributed by atoms with E-state index in [-0.39, 0.29) is 11.8 Å². The third kappa shape index (κ3) is 6.82. The number of rotatable bonds is 7. The minimum Gasteiger partial charge on any atom is -0.356 e. The predicted octanol–water partition coefficient (Wildman–Crippen LogP) is 1.99. The highest BCUT2D eigenvalue weighted by Crippen LogP contribution is 2.22. The number of carbonyl (C=O) groups is 2. The summed E-state index contributed by atoms with van der Waals surface area (Å²) in [5.41, 5.74) is 1.92. The summed E-state index contributed by atoms with van der Waals surface area (Å²) >= 11 is 0. The predicted molar refractivity (Wildman–Crippen MR) is 116 cm³/mol. The molecule has 2 heterocycles. The van der Waals surface area contributed by atoms with E-state index in [0.717, 1.165) is 82.7 Å². The minimum atomic E-state index is 0.108. The van der Waals surface area contributed by atoms with Gasteiger partial charge < -0.3 is 20.0 Å². The fourth-order valence-corrected chi connectivity index (χ4v) is 4.16. The summed E-state index contributed by atoms with van der Waals surface area (Å²) < 4.78 is 0. The minimum absolute atomic E-state index is 0.108. The Morgan fingerprint density at radius 3 is 2.31 bits per heavy atom. The number of likely N-dealkylation sites (tertiary alicyclic amines) is 1. The van der Waals surface area contributed by atoms with E-state index in [1.165, 1.54) is 0 Å². The van der Waals surface area contributed by atoms with Crippen molar-refractivity contribution < 1.29 is 9.59 Å². The lowest BCUT2D eigenvalue weighted by molar-refractivity contribution is -0.122. The Labute approximate surface area is 175 Å². The standard InChI is InChI=1S/C23H36N4O2/c1-19-4-6-21(7-5-19)23(29)27-12-8-20(9-13-27)18-22(28)24-10-3-11-26-16-14-25(2)15-17-26/h4-7,20H,3,8-18H2,1-2H3,(H,24,28). The van der Waals surface area contributed by atoms with Gasteiger partial charge in [0.25, 0.3) is 5.91 Å². The van der Waals surface area contributed by atoms with Gasteiger partial charge in [0.1, 0.15) is 0 Å². The third-order valence-electron chi connectivity index (χ3n) is 6.24. The highest BCUT2D eigenvalue weighted by molar-refractivity contribution is 5.94. The Kier molecular flexibility index (Phi) is 8.07.